The lowest BCUT2D eigenvalue weighted by Crippen LogP contribution is -2.33. The molecule has 84 valence electrons. The molecule has 1 unspecified atom stereocenters. The quantitative estimate of drug-likeness (QED) is 0.802. The molecule has 0 radical (unpaired) electrons. The maximum Gasteiger partial charge on any atom is 0.253 e. The van der Waals surface area contributed by atoms with Crippen LogP contribution in [-0.4, -0.2) is 11.9 Å². The molecule has 0 fully saturated rings. The van der Waals surface area contributed by atoms with E-state index in [0.717, 1.165) is 5.56 Å². The van der Waals surface area contributed by atoms with E-state index in [4.69, 9.17) is 18.0 Å². The van der Waals surface area contributed by atoms with Gasteiger partial charge >= 0.3 is 0 Å². The predicted molar refractivity (Wildman–Crippen MR) is 66.6 cm³/mol. The van der Waals surface area contributed by atoms with Gasteiger partial charge < -0.3 is 5.32 Å². The minimum Gasteiger partial charge on any atom is -0.338 e. The summed E-state index contributed by atoms with van der Waals surface area (Å²) in [6.07, 6.45) is 5.97. The predicted octanol–water partition coefficient (Wildman–Crippen LogP) is 2.79. The molecule has 0 aliphatic rings. The van der Waals surface area contributed by atoms with Gasteiger partial charge in [-0.15, -0.1) is 6.42 Å². The maximum absolute atomic E-state index is 11.8. The zero-order valence-electron chi connectivity index (χ0n) is 9.38. The van der Waals surface area contributed by atoms with E-state index in [1.54, 1.807) is 12.1 Å². The number of rotatable bonds is 3. The van der Waals surface area contributed by atoms with Crippen LogP contribution in [-0.2, 0) is 0 Å². The normalized spacial score (nSPS) is 11.6. The van der Waals surface area contributed by atoms with Crippen LogP contribution in [0.4, 0.5) is 0 Å². The van der Waals surface area contributed by atoms with Crippen LogP contribution in [0.3, 0.4) is 0 Å². The Morgan fingerprint density at radius 2 is 2.31 bits per heavy atom. The average molecular weight is 236 g/mol. The van der Waals surface area contributed by atoms with E-state index in [0.29, 0.717) is 17.0 Å². The molecule has 16 heavy (non-hydrogen) atoms. The molecule has 0 aromatic heterocycles. The second kappa shape index (κ2) is 5.58. The van der Waals surface area contributed by atoms with Crippen molar-refractivity contribution in [2.45, 2.75) is 26.3 Å². The zero-order chi connectivity index (χ0) is 12.1. The van der Waals surface area contributed by atoms with Gasteiger partial charge in [0.15, 0.2) is 0 Å². The molecule has 3 heteroatoms. The summed E-state index contributed by atoms with van der Waals surface area (Å²) in [5, 5.41) is 3.18. The van der Waals surface area contributed by atoms with Crippen molar-refractivity contribution >= 4 is 17.5 Å². The summed E-state index contributed by atoms with van der Waals surface area (Å²) < 4.78 is 0. The van der Waals surface area contributed by atoms with Crippen LogP contribution in [0.15, 0.2) is 18.2 Å². The molecule has 1 aromatic carbocycles. The van der Waals surface area contributed by atoms with Gasteiger partial charge in [0.1, 0.15) is 0 Å². The number of hydrogen-bond donors (Lipinski definition) is 1. The zero-order valence-corrected chi connectivity index (χ0v) is 10.1. The van der Waals surface area contributed by atoms with Gasteiger partial charge in [0, 0.05) is 0 Å². The molecule has 1 N–H and O–H groups in total. The molecule has 2 nitrogen and oxygen atoms in total. The third-order valence-corrected chi connectivity index (χ3v) is 2.60. The lowest BCUT2D eigenvalue weighted by Gasteiger charge is -2.11. The highest BCUT2D eigenvalue weighted by Gasteiger charge is 2.12. The van der Waals surface area contributed by atoms with Crippen LogP contribution in [0.5, 0.6) is 0 Å². The molecule has 0 saturated heterocycles. The topological polar surface area (TPSA) is 29.1 Å². The fourth-order valence-corrected chi connectivity index (χ4v) is 1.62. The van der Waals surface area contributed by atoms with Crippen LogP contribution in [0, 0.1) is 19.3 Å². The van der Waals surface area contributed by atoms with Crippen LogP contribution in [0.1, 0.15) is 29.3 Å². The second-order valence-corrected chi connectivity index (χ2v) is 3.99. The number of hydrogen-bond acceptors (Lipinski definition) is 1. The van der Waals surface area contributed by atoms with Crippen molar-refractivity contribution in [2.75, 3.05) is 0 Å². The van der Waals surface area contributed by atoms with E-state index in [9.17, 15) is 4.79 Å². The van der Waals surface area contributed by atoms with Crippen molar-refractivity contribution in [1.82, 2.24) is 5.32 Å². The van der Waals surface area contributed by atoms with Gasteiger partial charge in [0.05, 0.1) is 16.6 Å². The van der Waals surface area contributed by atoms with Crippen molar-refractivity contribution in [2.24, 2.45) is 0 Å². The van der Waals surface area contributed by atoms with Gasteiger partial charge in [0.2, 0.25) is 0 Å². The van der Waals surface area contributed by atoms with Gasteiger partial charge in [-0.05, 0) is 31.0 Å². The molecule has 0 saturated carbocycles. The highest BCUT2D eigenvalue weighted by Crippen LogP contribution is 2.17. The largest absolute Gasteiger partial charge is 0.338 e. The van der Waals surface area contributed by atoms with Gasteiger partial charge in [-0.1, -0.05) is 30.5 Å². The second-order valence-electron chi connectivity index (χ2n) is 3.58. The number of halogens is 1. The number of carbonyl (C=O) groups is 1. The summed E-state index contributed by atoms with van der Waals surface area (Å²) in [6.45, 7) is 3.84. The van der Waals surface area contributed by atoms with E-state index in [2.05, 4.69) is 11.2 Å². The standard InChI is InChI=1S/C13H14ClNO/c1-4-10(5-2)15-13(16)11-7-6-9(3)8-12(11)14/h1,6-8,10H,5H2,2-3H3,(H,15,16). The molecule has 1 rings (SSSR count). The van der Waals surface area contributed by atoms with E-state index in [1.165, 1.54) is 0 Å². The van der Waals surface area contributed by atoms with Crippen LogP contribution in [0.25, 0.3) is 0 Å². The highest BCUT2D eigenvalue weighted by molar-refractivity contribution is 6.33. The smallest absolute Gasteiger partial charge is 0.253 e. The monoisotopic (exact) mass is 235 g/mol. The van der Waals surface area contributed by atoms with Crippen LogP contribution in [0.2, 0.25) is 5.02 Å². The molecule has 0 spiro atoms. The number of nitrogens with one attached hydrogen (secondary N) is 1. The molecule has 0 aliphatic heterocycles. The van der Waals surface area contributed by atoms with Crippen molar-refractivity contribution < 1.29 is 4.79 Å². The molecule has 0 aliphatic carbocycles. The number of amides is 1. The first-order valence-corrected chi connectivity index (χ1v) is 5.49. The summed E-state index contributed by atoms with van der Waals surface area (Å²) in [4.78, 5) is 11.8. The minimum atomic E-state index is -0.245. The minimum absolute atomic E-state index is 0.227. The highest BCUT2D eigenvalue weighted by atomic mass is 35.5. The van der Waals surface area contributed by atoms with Crippen molar-refractivity contribution in [3.05, 3.63) is 34.3 Å². The maximum atomic E-state index is 11.8. The number of terminal acetylenes is 1. The molecule has 0 bridgehead atoms. The van der Waals surface area contributed by atoms with E-state index in [1.807, 2.05) is 19.9 Å². The summed E-state index contributed by atoms with van der Waals surface area (Å²) in [5.41, 5.74) is 1.48. The Morgan fingerprint density at radius 1 is 1.62 bits per heavy atom. The lowest BCUT2D eigenvalue weighted by atomic mass is 10.1. The fourth-order valence-electron chi connectivity index (χ4n) is 1.30. The average Bonchev–Trinajstić information content (AvgIpc) is 2.25. The molecular weight excluding hydrogens is 222 g/mol. The van der Waals surface area contributed by atoms with Gasteiger partial charge in [-0.2, -0.15) is 0 Å². The van der Waals surface area contributed by atoms with Crippen LogP contribution >= 0.6 is 11.6 Å². The summed E-state index contributed by atoms with van der Waals surface area (Å²) in [5.74, 6) is 2.28. The Balaban J connectivity index is 2.85. The van der Waals surface area contributed by atoms with E-state index < -0.39 is 0 Å². The third-order valence-electron chi connectivity index (χ3n) is 2.28. The van der Waals surface area contributed by atoms with Crippen molar-refractivity contribution in [3.8, 4) is 12.3 Å². The van der Waals surface area contributed by atoms with Gasteiger partial charge in [-0.25, -0.2) is 0 Å². The molecule has 1 atom stereocenters. The molecule has 1 aromatic rings. The fraction of sp³-hybridized carbons (Fsp3) is 0.308. The Morgan fingerprint density at radius 3 is 2.81 bits per heavy atom. The molecule has 0 heterocycles. The third kappa shape index (κ3) is 3.01. The summed E-state index contributed by atoms with van der Waals surface area (Å²) in [6, 6.07) is 5.06. The van der Waals surface area contributed by atoms with E-state index in [-0.39, 0.29) is 11.9 Å². The van der Waals surface area contributed by atoms with Crippen LogP contribution < -0.4 is 5.32 Å². The Bertz CT molecular complexity index is 434. The Hall–Kier alpha value is -1.46. The Labute approximate surface area is 101 Å². The molecule has 1 amide bonds. The SMILES string of the molecule is C#CC(CC)NC(=O)c1ccc(C)cc1Cl. The number of carbonyl (C=O) groups excluding carboxylic acids is 1. The summed E-state index contributed by atoms with van der Waals surface area (Å²) >= 11 is 5.98. The lowest BCUT2D eigenvalue weighted by molar-refractivity contribution is 0.0945. The first kappa shape index (κ1) is 12.6. The summed E-state index contributed by atoms with van der Waals surface area (Å²) in [7, 11) is 0. The van der Waals surface area contributed by atoms with Crippen molar-refractivity contribution in [1.29, 1.82) is 0 Å². The van der Waals surface area contributed by atoms with E-state index >= 15 is 0 Å². The number of aryl methyl sites for hydroxylation is 1. The van der Waals surface area contributed by atoms with Gasteiger partial charge in [0.25, 0.3) is 5.91 Å². The first-order valence-electron chi connectivity index (χ1n) is 5.11. The molecular formula is C13H14ClNO. The first-order chi connectivity index (χ1) is 7.58. The number of benzene rings is 1. The Kier molecular flexibility index (Phi) is 4.39. The van der Waals surface area contributed by atoms with Crippen molar-refractivity contribution in [3.63, 3.8) is 0 Å². The van der Waals surface area contributed by atoms with Gasteiger partial charge in [-0.3, -0.25) is 4.79 Å².